The van der Waals surface area contributed by atoms with Gasteiger partial charge in [0.15, 0.2) is 0 Å². The van der Waals surface area contributed by atoms with Gasteiger partial charge in [-0.25, -0.2) is 0 Å². The average Bonchev–Trinajstić information content (AvgIpc) is 3.07. The number of hydrogen-bond acceptors (Lipinski definition) is 3. The number of carbonyl (C=O) groups excluding carboxylic acids is 1. The molecule has 0 bridgehead atoms. The summed E-state index contributed by atoms with van der Waals surface area (Å²) in [4.78, 5) is 15.9. The molecule has 1 aliphatic rings. The molecule has 1 aliphatic carbocycles. The maximum absolute atomic E-state index is 11.8. The van der Waals surface area contributed by atoms with Crippen molar-refractivity contribution in [3.8, 4) is 0 Å². The first-order chi connectivity index (χ1) is 8.06. The number of halogens is 1. The van der Waals surface area contributed by atoms with E-state index in [1.807, 2.05) is 6.92 Å². The summed E-state index contributed by atoms with van der Waals surface area (Å²) in [7, 11) is 0. The number of hydrogen-bond donors (Lipinski definition) is 2. The molecule has 1 saturated carbocycles. The van der Waals surface area contributed by atoms with Crippen LogP contribution < -0.4 is 5.32 Å². The molecule has 2 N–H and O–H groups in total. The van der Waals surface area contributed by atoms with Crippen molar-refractivity contribution < 1.29 is 9.90 Å². The zero-order valence-corrected chi connectivity index (χ0v) is 10.4. The van der Waals surface area contributed by atoms with E-state index in [4.69, 9.17) is 16.7 Å². The van der Waals surface area contributed by atoms with Crippen LogP contribution in [0.4, 0.5) is 0 Å². The van der Waals surface area contributed by atoms with E-state index in [1.54, 1.807) is 6.07 Å². The Morgan fingerprint density at radius 2 is 2.35 bits per heavy atom. The minimum absolute atomic E-state index is 0.0970. The lowest BCUT2D eigenvalue weighted by Crippen LogP contribution is -2.32. The fraction of sp³-hybridized carbons (Fsp3) is 0.500. The lowest BCUT2D eigenvalue weighted by atomic mass is 10.1. The van der Waals surface area contributed by atoms with Gasteiger partial charge in [-0.05, 0) is 25.8 Å². The summed E-state index contributed by atoms with van der Waals surface area (Å²) in [6.45, 7) is 2.43. The summed E-state index contributed by atoms with van der Waals surface area (Å²) in [6.07, 6.45) is 3.40. The molecule has 92 valence electrons. The van der Waals surface area contributed by atoms with E-state index >= 15 is 0 Å². The van der Waals surface area contributed by atoms with Crippen molar-refractivity contribution in [2.75, 3.05) is 13.2 Å². The summed E-state index contributed by atoms with van der Waals surface area (Å²) < 4.78 is 0. The Bertz CT molecular complexity index is 444. The summed E-state index contributed by atoms with van der Waals surface area (Å²) in [5, 5.41) is 12.3. The third kappa shape index (κ3) is 2.76. The van der Waals surface area contributed by atoms with Crippen molar-refractivity contribution in [2.24, 2.45) is 5.41 Å². The lowest BCUT2D eigenvalue weighted by molar-refractivity contribution is 0.0935. The summed E-state index contributed by atoms with van der Waals surface area (Å²) in [6, 6.07) is 1.66. The molecule has 0 radical (unpaired) electrons. The van der Waals surface area contributed by atoms with Crippen molar-refractivity contribution in [2.45, 2.75) is 19.8 Å². The van der Waals surface area contributed by atoms with Crippen LogP contribution in [0.15, 0.2) is 12.3 Å². The Labute approximate surface area is 105 Å². The molecule has 1 aromatic heterocycles. The Balaban J connectivity index is 2.00. The van der Waals surface area contributed by atoms with E-state index < -0.39 is 0 Å². The van der Waals surface area contributed by atoms with Crippen LogP contribution in [0.3, 0.4) is 0 Å². The van der Waals surface area contributed by atoms with E-state index in [0.717, 1.165) is 18.5 Å². The molecule has 0 spiro atoms. The third-order valence-electron chi connectivity index (χ3n) is 3.15. The van der Waals surface area contributed by atoms with Crippen LogP contribution in [-0.4, -0.2) is 29.1 Å². The molecule has 4 nitrogen and oxygen atoms in total. The smallest absolute Gasteiger partial charge is 0.254 e. The number of aliphatic hydroxyl groups is 1. The Kier molecular flexibility index (Phi) is 3.35. The molecule has 0 unspecified atom stereocenters. The van der Waals surface area contributed by atoms with Crippen LogP contribution in [0.2, 0.25) is 5.02 Å². The molecular weight excluding hydrogens is 240 g/mol. The number of aryl methyl sites for hydroxylation is 1. The second kappa shape index (κ2) is 4.63. The van der Waals surface area contributed by atoms with Crippen molar-refractivity contribution in [1.82, 2.24) is 10.3 Å². The lowest BCUT2D eigenvalue weighted by Gasteiger charge is -2.13. The number of amides is 1. The van der Waals surface area contributed by atoms with Crippen molar-refractivity contribution in [3.63, 3.8) is 0 Å². The van der Waals surface area contributed by atoms with Gasteiger partial charge in [-0.3, -0.25) is 9.78 Å². The van der Waals surface area contributed by atoms with Crippen LogP contribution in [0.5, 0.6) is 0 Å². The maximum Gasteiger partial charge on any atom is 0.254 e. The highest BCUT2D eigenvalue weighted by Gasteiger charge is 2.42. The molecule has 5 heteroatoms. The fourth-order valence-corrected chi connectivity index (χ4v) is 1.92. The first kappa shape index (κ1) is 12.3. The monoisotopic (exact) mass is 254 g/mol. The fourth-order valence-electron chi connectivity index (χ4n) is 1.62. The minimum Gasteiger partial charge on any atom is -0.396 e. The average molecular weight is 255 g/mol. The topological polar surface area (TPSA) is 62.2 Å². The molecule has 1 aromatic rings. The molecule has 1 amide bonds. The molecule has 2 rings (SSSR count). The van der Waals surface area contributed by atoms with Gasteiger partial charge >= 0.3 is 0 Å². The van der Waals surface area contributed by atoms with E-state index in [2.05, 4.69) is 10.3 Å². The van der Waals surface area contributed by atoms with Gasteiger partial charge in [-0.15, -0.1) is 0 Å². The predicted molar refractivity (Wildman–Crippen MR) is 65.1 cm³/mol. The van der Waals surface area contributed by atoms with Crippen LogP contribution in [0.25, 0.3) is 0 Å². The second-order valence-corrected chi connectivity index (χ2v) is 5.05. The van der Waals surface area contributed by atoms with E-state index in [-0.39, 0.29) is 17.9 Å². The van der Waals surface area contributed by atoms with Crippen LogP contribution in [0, 0.1) is 12.3 Å². The van der Waals surface area contributed by atoms with Gasteiger partial charge in [0, 0.05) is 23.9 Å². The van der Waals surface area contributed by atoms with Crippen LogP contribution in [-0.2, 0) is 0 Å². The summed E-state index contributed by atoms with van der Waals surface area (Å²) >= 11 is 5.97. The summed E-state index contributed by atoms with van der Waals surface area (Å²) in [5.41, 5.74) is 1.06. The van der Waals surface area contributed by atoms with Gasteiger partial charge in [0.25, 0.3) is 5.91 Å². The molecule has 0 saturated heterocycles. The van der Waals surface area contributed by atoms with Crippen molar-refractivity contribution in [3.05, 3.63) is 28.5 Å². The first-order valence-electron chi connectivity index (χ1n) is 5.57. The van der Waals surface area contributed by atoms with E-state index in [1.165, 1.54) is 6.20 Å². The highest BCUT2D eigenvalue weighted by Crippen LogP contribution is 2.44. The molecule has 1 heterocycles. The second-order valence-electron chi connectivity index (χ2n) is 4.65. The third-order valence-corrected chi connectivity index (χ3v) is 3.46. The molecule has 1 fully saturated rings. The number of carbonyl (C=O) groups is 1. The van der Waals surface area contributed by atoms with Crippen LogP contribution in [0.1, 0.15) is 28.9 Å². The zero-order chi connectivity index (χ0) is 12.5. The van der Waals surface area contributed by atoms with E-state index in [0.29, 0.717) is 17.1 Å². The van der Waals surface area contributed by atoms with Gasteiger partial charge in [0.1, 0.15) is 0 Å². The first-order valence-corrected chi connectivity index (χ1v) is 5.95. The van der Waals surface area contributed by atoms with Gasteiger partial charge < -0.3 is 10.4 Å². The zero-order valence-electron chi connectivity index (χ0n) is 9.66. The Morgan fingerprint density at radius 1 is 1.65 bits per heavy atom. The molecular formula is C12H15ClN2O2. The van der Waals surface area contributed by atoms with E-state index in [9.17, 15) is 4.79 Å². The van der Waals surface area contributed by atoms with Gasteiger partial charge in [0.05, 0.1) is 17.2 Å². The quantitative estimate of drug-likeness (QED) is 0.857. The number of nitrogens with zero attached hydrogens (tertiary/aromatic N) is 1. The van der Waals surface area contributed by atoms with Gasteiger partial charge in [-0.2, -0.15) is 0 Å². The van der Waals surface area contributed by atoms with Gasteiger partial charge in [-0.1, -0.05) is 11.6 Å². The molecule has 17 heavy (non-hydrogen) atoms. The minimum atomic E-state index is -0.234. The standard InChI is InChI=1S/C12H15ClN2O2/c1-8-4-10(13)9(5-14-8)11(17)15-6-12(7-16)2-3-12/h4-5,16H,2-3,6-7H2,1H3,(H,15,17). The van der Waals surface area contributed by atoms with Crippen molar-refractivity contribution in [1.29, 1.82) is 0 Å². The molecule has 0 aromatic carbocycles. The SMILES string of the molecule is Cc1cc(Cl)c(C(=O)NCC2(CO)CC2)cn1. The van der Waals surface area contributed by atoms with Crippen molar-refractivity contribution >= 4 is 17.5 Å². The highest BCUT2D eigenvalue weighted by atomic mass is 35.5. The Hall–Kier alpha value is -1.13. The van der Waals surface area contributed by atoms with Crippen LogP contribution >= 0.6 is 11.6 Å². The summed E-state index contributed by atoms with van der Waals surface area (Å²) in [5.74, 6) is -0.234. The highest BCUT2D eigenvalue weighted by molar-refractivity contribution is 6.33. The number of rotatable bonds is 4. The molecule has 0 aliphatic heterocycles. The largest absolute Gasteiger partial charge is 0.396 e. The maximum atomic E-state index is 11.8. The number of pyridine rings is 1. The van der Waals surface area contributed by atoms with Gasteiger partial charge in [0.2, 0.25) is 0 Å². The predicted octanol–water partition coefficient (Wildman–Crippen LogP) is 1.55. The number of aliphatic hydroxyl groups excluding tert-OH is 1. The number of nitrogens with one attached hydrogen (secondary N) is 1. The molecule has 0 atom stereocenters. The Morgan fingerprint density at radius 3 is 2.88 bits per heavy atom. The normalized spacial score (nSPS) is 16.6. The number of aromatic nitrogens is 1.